The van der Waals surface area contributed by atoms with Crippen molar-refractivity contribution in [2.45, 2.75) is 0 Å². The first-order valence-electron chi connectivity index (χ1n) is 0. The third-order valence-corrected chi connectivity index (χ3v) is 0. The second kappa shape index (κ2) is 864. The van der Waals surface area contributed by atoms with Crippen LogP contribution in [0.4, 0.5) is 0 Å². The predicted molar refractivity (Wildman–Crippen MR) is 19.4 cm³/mol. The average molecular weight is 526 g/mol. The summed E-state index contributed by atoms with van der Waals surface area (Å²) in [4.78, 5) is 0. The SMILES string of the molecule is [Co+2].[Mn+2].[Ni+2].[OH-].[OH-].[OH-].[OH-].[OH-].[OH-].[OH-].[OH-].[OH-].[OH-].[W+4]. The van der Waals surface area contributed by atoms with Gasteiger partial charge >= 0.3 is 71.4 Å². The molecule has 102 valence electrons. The van der Waals surface area contributed by atoms with Crippen molar-refractivity contribution >= 4 is 0 Å². The van der Waals surface area contributed by atoms with Gasteiger partial charge in [0, 0.05) is 0 Å². The van der Waals surface area contributed by atoms with Crippen LogP contribution in [0.15, 0.2) is 0 Å². The maximum absolute atomic E-state index is 0. The molecule has 0 aliphatic rings. The molecule has 0 atom stereocenters. The summed E-state index contributed by atoms with van der Waals surface area (Å²) in [6.07, 6.45) is 0. The molecule has 0 aromatic heterocycles. The molecule has 0 aliphatic carbocycles. The predicted octanol–water partition coefficient (Wildman–Crippen LogP) is -1.78. The monoisotopic (exact) mass is 526 g/mol. The van der Waals surface area contributed by atoms with Gasteiger partial charge in [0.25, 0.3) is 0 Å². The topological polar surface area (TPSA) is 300 Å². The molecule has 0 aromatic rings. The summed E-state index contributed by atoms with van der Waals surface area (Å²) in [5.74, 6) is 0. The van der Waals surface area contributed by atoms with Crippen LogP contribution in [0.3, 0.4) is 0 Å². The van der Waals surface area contributed by atoms with Crippen LogP contribution in [0.1, 0.15) is 0 Å². The minimum Gasteiger partial charge on any atom is -0.870 e. The minimum absolute atomic E-state index is 0. The van der Waals surface area contributed by atoms with Crippen LogP contribution < -0.4 is 0 Å². The largest absolute Gasteiger partial charge is 4.00 e. The van der Waals surface area contributed by atoms with Crippen LogP contribution in [0.5, 0.6) is 0 Å². The summed E-state index contributed by atoms with van der Waals surface area (Å²) in [6.45, 7) is 0. The van der Waals surface area contributed by atoms with Crippen LogP contribution in [0.25, 0.3) is 0 Å². The number of hydrogen-bond acceptors (Lipinski definition) is 10. The zero-order chi connectivity index (χ0) is 0. The van der Waals surface area contributed by atoms with Crippen LogP contribution in [0, 0.1) is 0 Å². The van der Waals surface area contributed by atoms with E-state index in [1.54, 1.807) is 0 Å². The van der Waals surface area contributed by atoms with Gasteiger partial charge in [-0.1, -0.05) is 0 Å². The van der Waals surface area contributed by atoms with Gasteiger partial charge in [-0.25, -0.2) is 0 Å². The Kier molecular flexibility index (Phi) is 65400. The van der Waals surface area contributed by atoms with Crippen molar-refractivity contribution in [2.75, 3.05) is 0 Å². The van der Waals surface area contributed by atoms with Gasteiger partial charge in [-0.2, -0.15) is 0 Å². The molecule has 0 saturated carbocycles. The molecule has 0 fully saturated rings. The maximum Gasteiger partial charge on any atom is 4.00 e. The summed E-state index contributed by atoms with van der Waals surface area (Å²) < 4.78 is 0. The van der Waals surface area contributed by atoms with Crippen LogP contribution >= 0.6 is 0 Å². The van der Waals surface area contributed by atoms with E-state index in [2.05, 4.69) is 0 Å². The van der Waals surface area contributed by atoms with Crippen molar-refractivity contribution in [3.8, 4) is 0 Å². The van der Waals surface area contributed by atoms with E-state index in [1.165, 1.54) is 0 Å². The third kappa shape index (κ3) is 693. The Bertz CT molecular complexity index is 20.1. The molecule has 0 aliphatic heterocycles. The fourth-order valence-electron chi connectivity index (χ4n) is 0. The molecule has 14 heavy (non-hydrogen) atoms. The molecule has 0 aromatic carbocycles. The van der Waals surface area contributed by atoms with E-state index in [0.717, 1.165) is 0 Å². The molecule has 0 spiro atoms. The number of hydrogen-bond donors (Lipinski definition) is 0. The van der Waals surface area contributed by atoms with Crippen LogP contribution in [-0.2, 0) is 71.4 Å². The summed E-state index contributed by atoms with van der Waals surface area (Å²) in [5.41, 5.74) is 0. The van der Waals surface area contributed by atoms with Gasteiger partial charge in [0.2, 0.25) is 0 Å². The molecule has 0 bridgehead atoms. The molecule has 0 rings (SSSR count). The summed E-state index contributed by atoms with van der Waals surface area (Å²) in [5, 5.41) is 0. The van der Waals surface area contributed by atoms with Gasteiger partial charge in [0.15, 0.2) is 0 Å². The van der Waals surface area contributed by atoms with Gasteiger partial charge in [-0.05, 0) is 0 Å². The normalized spacial score (nSPS) is 0. The summed E-state index contributed by atoms with van der Waals surface area (Å²) in [7, 11) is 0. The zero-order valence-electron chi connectivity index (χ0n) is 5.91. The molecule has 14 heteroatoms. The fraction of sp³-hybridized carbons (Fsp3) is 0. The van der Waals surface area contributed by atoms with E-state index in [0.29, 0.717) is 0 Å². The van der Waals surface area contributed by atoms with E-state index in [4.69, 9.17) is 0 Å². The first-order chi connectivity index (χ1) is 0. The fourth-order valence-corrected chi connectivity index (χ4v) is 0. The van der Waals surface area contributed by atoms with E-state index in [9.17, 15) is 0 Å². The van der Waals surface area contributed by atoms with E-state index in [-0.39, 0.29) is 126 Å². The molecule has 0 unspecified atom stereocenters. The molecular weight excluding hydrogens is 516 g/mol. The van der Waals surface area contributed by atoms with E-state index in [1.807, 2.05) is 0 Å². The zero-order valence-corrected chi connectivity index (χ0v) is 12.1. The Labute approximate surface area is 126 Å². The van der Waals surface area contributed by atoms with Crippen molar-refractivity contribution in [1.82, 2.24) is 0 Å². The van der Waals surface area contributed by atoms with E-state index < -0.39 is 0 Å². The van der Waals surface area contributed by atoms with Crippen LogP contribution in [0.2, 0.25) is 0 Å². The average Bonchev–Trinajstić information content (AvgIpc) is 0. The van der Waals surface area contributed by atoms with Crippen molar-refractivity contribution in [3.05, 3.63) is 0 Å². The summed E-state index contributed by atoms with van der Waals surface area (Å²) in [6, 6.07) is 0. The molecule has 0 amide bonds. The molecular formula is H10CoMnNiO10W. The minimum atomic E-state index is 0. The van der Waals surface area contributed by atoms with Gasteiger partial charge in [-0.3, -0.25) is 0 Å². The molecule has 0 saturated heterocycles. The van der Waals surface area contributed by atoms with Gasteiger partial charge in [-0.15, -0.1) is 0 Å². The third-order valence-electron chi connectivity index (χ3n) is 0. The van der Waals surface area contributed by atoms with E-state index >= 15 is 0 Å². The Balaban J connectivity index is 0. The molecule has 2 radical (unpaired) electrons. The standard InChI is InChI=1S/Co.Mn.Ni.10H2O.W/h;;;10*1H2;/q3*+2;;;;;;;;;;;+4/p-10. The van der Waals surface area contributed by atoms with Gasteiger partial charge in [0.1, 0.15) is 0 Å². The Morgan fingerprint density at radius 2 is 0.357 bits per heavy atom. The Morgan fingerprint density at radius 1 is 0.357 bits per heavy atom. The number of rotatable bonds is 0. The first kappa shape index (κ1) is 1060. The van der Waals surface area contributed by atoms with Crippen molar-refractivity contribution in [2.24, 2.45) is 0 Å². The maximum atomic E-state index is 0. The van der Waals surface area contributed by atoms with Crippen molar-refractivity contribution < 1.29 is 126 Å². The Hall–Kier alpha value is 1.81. The smallest absolute Gasteiger partial charge is 0.870 e. The van der Waals surface area contributed by atoms with Gasteiger partial charge < -0.3 is 54.8 Å². The molecule has 0 heterocycles. The van der Waals surface area contributed by atoms with Crippen molar-refractivity contribution in [3.63, 3.8) is 0 Å². The van der Waals surface area contributed by atoms with Gasteiger partial charge in [0.05, 0.1) is 0 Å². The quantitative estimate of drug-likeness (QED) is 0.319. The Morgan fingerprint density at radius 3 is 0.357 bits per heavy atom. The second-order valence-corrected chi connectivity index (χ2v) is 0. The first-order valence-corrected chi connectivity index (χ1v) is 0. The van der Waals surface area contributed by atoms with Crippen molar-refractivity contribution in [1.29, 1.82) is 0 Å². The summed E-state index contributed by atoms with van der Waals surface area (Å²) >= 11 is 0. The second-order valence-electron chi connectivity index (χ2n) is 0. The molecule has 10 N–H and O–H groups in total. The molecule has 10 nitrogen and oxygen atoms in total. The van der Waals surface area contributed by atoms with Crippen LogP contribution in [-0.4, -0.2) is 54.8 Å².